The zero-order valence-corrected chi connectivity index (χ0v) is 18.1. The highest BCUT2D eigenvalue weighted by Gasteiger charge is 2.20. The average Bonchev–Trinajstić information content (AvgIpc) is 2.76. The van der Waals surface area contributed by atoms with Gasteiger partial charge in [0.15, 0.2) is 0 Å². The molecule has 3 rings (SSSR count). The number of rotatable bonds is 10. The van der Waals surface area contributed by atoms with E-state index in [-0.39, 0.29) is 12.1 Å². The summed E-state index contributed by atoms with van der Waals surface area (Å²) in [5, 5.41) is 15.9. The molecule has 0 saturated carbocycles. The summed E-state index contributed by atoms with van der Waals surface area (Å²) >= 11 is 0. The first-order chi connectivity index (χ1) is 14.4. The molecule has 0 aliphatic carbocycles. The zero-order chi connectivity index (χ0) is 21.6. The lowest BCUT2D eigenvalue weighted by atomic mass is 9.94. The number of benzene rings is 3. The quantitative estimate of drug-likeness (QED) is 0.525. The van der Waals surface area contributed by atoms with Crippen molar-refractivity contribution < 1.29 is 19.3 Å². The molecule has 0 fully saturated rings. The molecule has 0 heterocycles. The van der Waals surface area contributed by atoms with Crippen molar-refractivity contribution >= 4 is 10.8 Å². The fourth-order valence-electron chi connectivity index (χ4n) is 3.50. The van der Waals surface area contributed by atoms with Gasteiger partial charge in [-0.3, -0.25) is 0 Å². The largest absolute Gasteiger partial charge is 0.497 e. The second-order valence-electron chi connectivity index (χ2n) is 8.07. The van der Waals surface area contributed by atoms with Crippen LogP contribution in [0.2, 0.25) is 0 Å². The van der Waals surface area contributed by atoms with Crippen molar-refractivity contribution in [1.82, 2.24) is 5.32 Å². The number of nitrogens with one attached hydrogen (secondary N) is 1. The Hall–Kier alpha value is -2.76. The third kappa shape index (κ3) is 5.65. The van der Waals surface area contributed by atoms with Gasteiger partial charge in [0.05, 0.1) is 14.2 Å². The molecular formula is C25H31NO4. The maximum atomic E-state index is 10.5. The molecule has 2 N–H and O–H groups in total. The van der Waals surface area contributed by atoms with Gasteiger partial charge in [-0.2, -0.15) is 0 Å². The first-order valence-electron chi connectivity index (χ1n) is 10.2. The fraction of sp³-hybridized carbons (Fsp3) is 0.360. The Morgan fingerprint density at radius 2 is 1.50 bits per heavy atom. The molecule has 5 nitrogen and oxygen atoms in total. The summed E-state index contributed by atoms with van der Waals surface area (Å²) < 4.78 is 16.6. The highest BCUT2D eigenvalue weighted by molar-refractivity contribution is 5.93. The normalized spacial score (nSPS) is 12.6. The van der Waals surface area contributed by atoms with Gasteiger partial charge in [-0.25, -0.2) is 0 Å². The minimum absolute atomic E-state index is 0.164. The fourth-order valence-corrected chi connectivity index (χ4v) is 3.50. The monoisotopic (exact) mass is 409 g/mol. The molecule has 0 aliphatic heterocycles. The molecule has 0 amide bonds. The van der Waals surface area contributed by atoms with Crippen LogP contribution in [0, 0.1) is 0 Å². The molecule has 0 aromatic heterocycles. The zero-order valence-electron chi connectivity index (χ0n) is 18.1. The third-order valence-electron chi connectivity index (χ3n) is 5.12. The summed E-state index contributed by atoms with van der Waals surface area (Å²) in [6.07, 6.45) is 0.217. The van der Waals surface area contributed by atoms with Gasteiger partial charge in [-0.15, -0.1) is 0 Å². The predicted molar refractivity (Wildman–Crippen MR) is 121 cm³/mol. The van der Waals surface area contributed by atoms with E-state index >= 15 is 0 Å². The number of fused-ring (bicyclic) bond motifs is 1. The summed E-state index contributed by atoms with van der Waals surface area (Å²) in [5.74, 6) is 2.39. The number of aliphatic hydroxyl groups excluding tert-OH is 1. The lowest BCUT2D eigenvalue weighted by Crippen LogP contribution is -2.46. The molecular weight excluding hydrogens is 378 g/mol. The van der Waals surface area contributed by atoms with Crippen molar-refractivity contribution in [3.8, 4) is 17.2 Å². The number of methoxy groups -OCH3 is 2. The number of aliphatic hydroxyl groups is 1. The van der Waals surface area contributed by atoms with E-state index < -0.39 is 6.10 Å². The van der Waals surface area contributed by atoms with Gasteiger partial charge in [-0.1, -0.05) is 36.4 Å². The second kappa shape index (κ2) is 9.83. The van der Waals surface area contributed by atoms with Gasteiger partial charge in [0.2, 0.25) is 0 Å². The van der Waals surface area contributed by atoms with E-state index in [1.807, 2.05) is 48.5 Å². The van der Waals surface area contributed by atoms with E-state index in [0.29, 0.717) is 6.54 Å². The number of ether oxygens (including phenoxy) is 3. The van der Waals surface area contributed by atoms with Crippen molar-refractivity contribution in [3.05, 3.63) is 66.2 Å². The van der Waals surface area contributed by atoms with Gasteiger partial charge >= 0.3 is 0 Å². The molecule has 1 atom stereocenters. The van der Waals surface area contributed by atoms with Crippen LogP contribution < -0.4 is 19.5 Å². The van der Waals surface area contributed by atoms with Crippen molar-refractivity contribution in [2.75, 3.05) is 27.4 Å². The second-order valence-corrected chi connectivity index (χ2v) is 8.07. The van der Waals surface area contributed by atoms with Crippen LogP contribution in [0.15, 0.2) is 60.7 Å². The van der Waals surface area contributed by atoms with E-state index in [9.17, 15) is 5.11 Å². The van der Waals surface area contributed by atoms with E-state index in [2.05, 4.69) is 31.3 Å². The molecule has 0 bridgehead atoms. The molecule has 0 spiro atoms. The first kappa shape index (κ1) is 21.9. The van der Waals surface area contributed by atoms with Crippen LogP contribution in [0.1, 0.15) is 19.4 Å². The van der Waals surface area contributed by atoms with E-state index in [0.717, 1.165) is 34.4 Å². The average molecular weight is 410 g/mol. The minimum atomic E-state index is -0.624. The summed E-state index contributed by atoms with van der Waals surface area (Å²) in [4.78, 5) is 0. The van der Waals surface area contributed by atoms with Gasteiger partial charge in [-0.05, 0) is 50.1 Å². The smallest absolute Gasteiger partial charge is 0.127 e. The number of β-amino-alcohol motifs (C(OH)–C–C–N with tert-alkyl or cyclic N) is 1. The minimum Gasteiger partial charge on any atom is -0.497 e. The predicted octanol–water partition coefficient (Wildman–Crippen LogP) is 4.21. The Balaban J connectivity index is 1.54. The molecule has 160 valence electrons. The van der Waals surface area contributed by atoms with E-state index in [1.54, 1.807) is 14.2 Å². The van der Waals surface area contributed by atoms with Crippen LogP contribution >= 0.6 is 0 Å². The molecule has 0 saturated heterocycles. The Kier molecular flexibility index (Phi) is 7.19. The molecule has 3 aromatic carbocycles. The van der Waals surface area contributed by atoms with Crippen LogP contribution in [-0.2, 0) is 6.42 Å². The van der Waals surface area contributed by atoms with Gasteiger partial charge < -0.3 is 24.6 Å². The highest BCUT2D eigenvalue weighted by atomic mass is 16.5. The highest BCUT2D eigenvalue weighted by Crippen LogP contribution is 2.32. The molecule has 3 aromatic rings. The molecule has 0 radical (unpaired) electrons. The summed E-state index contributed by atoms with van der Waals surface area (Å²) in [5.41, 5.74) is 1.05. The van der Waals surface area contributed by atoms with Crippen LogP contribution in [0.5, 0.6) is 17.2 Å². The van der Waals surface area contributed by atoms with Crippen LogP contribution in [-0.4, -0.2) is 44.1 Å². The Morgan fingerprint density at radius 3 is 2.13 bits per heavy atom. The standard InChI is InChI=1S/C25H31NO4/c1-25(2,15-18-9-11-20(28-3)12-10-18)26-16-19(27)17-30-24-14-13-23(29-4)21-7-5-6-8-22(21)24/h5-14,19,26-27H,15-17H2,1-4H3. The van der Waals surface area contributed by atoms with Crippen molar-refractivity contribution in [2.24, 2.45) is 0 Å². The van der Waals surface area contributed by atoms with Crippen molar-refractivity contribution in [1.29, 1.82) is 0 Å². The summed E-state index contributed by atoms with van der Waals surface area (Å²) in [6.45, 7) is 4.91. The Labute approximate surface area is 178 Å². The van der Waals surface area contributed by atoms with E-state index in [1.165, 1.54) is 5.56 Å². The SMILES string of the molecule is COc1ccc(CC(C)(C)NCC(O)COc2ccc(OC)c3ccccc23)cc1. The Morgan fingerprint density at radius 1 is 0.867 bits per heavy atom. The molecule has 0 aliphatic rings. The Bertz CT molecular complexity index is 953. The van der Waals surface area contributed by atoms with Crippen LogP contribution in [0.4, 0.5) is 0 Å². The van der Waals surface area contributed by atoms with Crippen LogP contribution in [0.25, 0.3) is 10.8 Å². The van der Waals surface area contributed by atoms with Crippen molar-refractivity contribution in [2.45, 2.75) is 31.9 Å². The first-order valence-corrected chi connectivity index (χ1v) is 10.2. The number of hydrogen-bond acceptors (Lipinski definition) is 5. The third-order valence-corrected chi connectivity index (χ3v) is 5.12. The molecule has 1 unspecified atom stereocenters. The lowest BCUT2D eigenvalue weighted by molar-refractivity contribution is 0.0995. The van der Waals surface area contributed by atoms with Crippen molar-refractivity contribution in [3.63, 3.8) is 0 Å². The summed E-state index contributed by atoms with van der Waals surface area (Å²) in [6, 6.07) is 19.8. The van der Waals surface area contributed by atoms with Gasteiger partial charge in [0, 0.05) is 22.9 Å². The maximum absolute atomic E-state index is 10.5. The lowest BCUT2D eigenvalue weighted by Gasteiger charge is -2.28. The van der Waals surface area contributed by atoms with Gasteiger partial charge in [0.25, 0.3) is 0 Å². The summed E-state index contributed by atoms with van der Waals surface area (Å²) in [7, 11) is 3.32. The molecule has 5 heteroatoms. The van der Waals surface area contributed by atoms with Gasteiger partial charge in [0.1, 0.15) is 30.0 Å². The van der Waals surface area contributed by atoms with Crippen LogP contribution in [0.3, 0.4) is 0 Å². The van der Waals surface area contributed by atoms with E-state index in [4.69, 9.17) is 14.2 Å². The topological polar surface area (TPSA) is 60.0 Å². The molecule has 30 heavy (non-hydrogen) atoms. The maximum Gasteiger partial charge on any atom is 0.127 e. The number of hydrogen-bond donors (Lipinski definition) is 2.